The predicted molar refractivity (Wildman–Crippen MR) is 88.9 cm³/mol. The van der Waals surface area contributed by atoms with Crippen molar-refractivity contribution in [2.75, 3.05) is 0 Å². The van der Waals surface area contributed by atoms with Crippen LogP contribution in [0.25, 0.3) is 16.7 Å². The lowest BCUT2D eigenvalue weighted by Gasteiger charge is -2.08. The molecular formula is C13H7Br2ClN2S. The van der Waals surface area contributed by atoms with Gasteiger partial charge in [0.25, 0.3) is 0 Å². The number of imidazole rings is 1. The van der Waals surface area contributed by atoms with Gasteiger partial charge in [0, 0.05) is 14.0 Å². The quantitative estimate of drug-likeness (QED) is 0.491. The first-order chi connectivity index (χ1) is 9.06. The van der Waals surface area contributed by atoms with E-state index in [0.717, 1.165) is 25.7 Å². The maximum atomic E-state index is 6.07. The summed E-state index contributed by atoms with van der Waals surface area (Å²) < 4.78 is 4.57. The largest absolute Gasteiger partial charge is 0.330 e. The maximum absolute atomic E-state index is 6.07. The van der Waals surface area contributed by atoms with Crippen LogP contribution in [0.2, 0.25) is 5.02 Å². The molecule has 0 aliphatic carbocycles. The average molecular weight is 419 g/mol. The molecule has 1 heterocycles. The lowest BCUT2D eigenvalue weighted by molar-refractivity contribution is 1.06. The van der Waals surface area contributed by atoms with E-state index in [2.05, 4.69) is 36.8 Å². The maximum Gasteiger partial charge on any atom is 0.182 e. The van der Waals surface area contributed by atoms with Gasteiger partial charge in [0.15, 0.2) is 4.77 Å². The second-order valence-electron chi connectivity index (χ2n) is 4.02. The van der Waals surface area contributed by atoms with Crippen LogP contribution in [0.3, 0.4) is 0 Å². The van der Waals surface area contributed by atoms with Gasteiger partial charge in [-0.15, -0.1) is 0 Å². The van der Waals surface area contributed by atoms with E-state index in [1.807, 2.05) is 41.0 Å². The van der Waals surface area contributed by atoms with Gasteiger partial charge in [-0.25, -0.2) is 0 Å². The fourth-order valence-electron chi connectivity index (χ4n) is 1.98. The molecule has 0 saturated carbocycles. The van der Waals surface area contributed by atoms with E-state index in [4.69, 9.17) is 23.8 Å². The lowest BCUT2D eigenvalue weighted by atomic mass is 10.3. The molecule has 0 spiro atoms. The van der Waals surface area contributed by atoms with Gasteiger partial charge < -0.3 is 4.98 Å². The van der Waals surface area contributed by atoms with Gasteiger partial charge in [-0.05, 0) is 64.5 Å². The zero-order chi connectivity index (χ0) is 13.6. The molecule has 0 saturated heterocycles. The summed E-state index contributed by atoms with van der Waals surface area (Å²) in [6, 6.07) is 11.6. The number of benzene rings is 2. The van der Waals surface area contributed by atoms with Gasteiger partial charge in [-0.1, -0.05) is 27.5 Å². The molecule has 2 aromatic carbocycles. The molecule has 3 rings (SSSR count). The van der Waals surface area contributed by atoms with Crippen LogP contribution in [-0.2, 0) is 0 Å². The summed E-state index contributed by atoms with van der Waals surface area (Å²) in [7, 11) is 0. The fraction of sp³-hybridized carbons (Fsp3) is 0. The van der Waals surface area contributed by atoms with Gasteiger partial charge >= 0.3 is 0 Å². The predicted octanol–water partition coefficient (Wildman–Crippen LogP) is 5.87. The van der Waals surface area contributed by atoms with Gasteiger partial charge in [0.05, 0.1) is 16.7 Å². The molecule has 0 atom stereocenters. The van der Waals surface area contributed by atoms with Crippen molar-refractivity contribution in [2.45, 2.75) is 0 Å². The van der Waals surface area contributed by atoms with E-state index in [1.165, 1.54) is 0 Å². The van der Waals surface area contributed by atoms with Gasteiger partial charge in [-0.2, -0.15) is 0 Å². The van der Waals surface area contributed by atoms with E-state index in [0.29, 0.717) is 9.79 Å². The summed E-state index contributed by atoms with van der Waals surface area (Å²) in [4.78, 5) is 3.18. The third-order valence-corrected chi connectivity index (χ3v) is 4.44. The fourth-order valence-corrected chi connectivity index (χ4v) is 3.68. The summed E-state index contributed by atoms with van der Waals surface area (Å²) >= 11 is 18.5. The van der Waals surface area contributed by atoms with E-state index in [1.54, 1.807) is 0 Å². The van der Waals surface area contributed by atoms with Crippen molar-refractivity contribution in [3.8, 4) is 5.69 Å². The Balaban J connectivity index is 2.38. The monoisotopic (exact) mass is 416 g/mol. The molecule has 0 radical (unpaired) electrons. The average Bonchev–Trinajstić information content (AvgIpc) is 2.65. The Kier molecular flexibility index (Phi) is 3.55. The summed E-state index contributed by atoms with van der Waals surface area (Å²) in [6.45, 7) is 0. The molecule has 1 aromatic heterocycles. The topological polar surface area (TPSA) is 20.7 Å². The standard InChI is InChI=1S/C13H7Br2ClN2S/c14-7-1-4-11(9(15)5-7)18-12-6-8(16)2-3-10(12)17-13(18)19/h1-6H,(H,17,19). The normalized spacial score (nSPS) is 11.1. The van der Waals surface area contributed by atoms with Crippen LogP contribution in [0.4, 0.5) is 0 Å². The number of halogens is 3. The Morgan fingerprint density at radius 1 is 1.11 bits per heavy atom. The number of aromatic nitrogens is 2. The first-order valence-electron chi connectivity index (χ1n) is 5.42. The number of hydrogen-bond acceptors (Lipinski definition) is 1. The SMILES string of the molecule is S=c1[nH]c2ccc(Cl)cc2n1-c1ccc(Br)cc1Br. The Labute approximate surface area is 136 Å². The summed E-state index contributed by atoms with van der Waals surface area (Å²) in [5.74, 6) is 0. The summed E-state index contributed by atoms with van der Waals surface area (Å²) in [5.41, 5.74) is 2.89. The number of aromatic amines is 1. The minimum Gasteiger partial charge on any atom is -0.330 e. The minimum atomic E-state index is 0.639. The van der Waals surface area contributed by atoms with Crippen molar-refractivity contribution in [1.29, 1.82) is 0 Å². The van der Waals surface area contributed by atoms with E-state index in [-0.39, 0.29) is 0 Å². The first-order valence-corrected chi connectivity index (χ1v) is 7.79. The van der Waals surface area contributed by atoms with Gasteiger partial charge in [0.2, 0.25) is 0 Å². The molecule has 0 amide bonds. The number of nitrogens with one attached hydrogen (secondary N) is 1. The minimum absolute atomic E-state index is 0.639. The van der Waals surface area contributed by atoms with E-state index >= 15 is 0 Å². The van der Waals surface area contributed by atoms with E-state index < -0.39 is 0 Å². The Hall–Kier alpha value is -0.620. The molecule has 2 nitrogen and oxygen atoms in total. The second kappa shape index (κ2) is 5.05. The van der Waals surface area contributed by atoms with Crippen LogP contribution < -0.4 is 0 Å². The molecule has 3 aromatic rings. The Morgan fingerprint density at radius 3 is 2.63 bits per heavy atom. The molecule has 0 bridgehead atoms. The van der Waals surface area contributed by atoms with Crippen molar-refractivity contribution in [1.82, 2.24) is 9.55 Å². The third kappa shape index (κ3) is 2.40. The van der Waals surface area contributed by atoms with Crippen molar-refractivity contribution in [3.63, 3.8) is 0 Å². The first kappa shape index (κ1) is 13.4. The zero-order valence-corrected chi connectivity index (χ0v) is 14.2. The van der Waals surface area contributed by atoms with Gasteiger partial charge in [0.1, 0.15) is 0 Å². The molecule has 19 heavy (non-hydrogen) atoms. The number of rotatable bonds is 1. The van der Waals surface area contributed by atoms with Gasteiger partial charge in [-0.3, -0.25) is 4.57 Å². The number of hydrogen-bond donors (Lipinski definition) is 1. The number of H-pyrrole nitrogens is 1. The van der Waals surface area contributed by atoms with Crippen LogP contribution >= 0.6 is 55.7 Å². The van der Waals surface area contributed by atoms with E-state index in [9.17, 15) is 0 Å². The van der Waals surface area contributed by atoms with Crippen LogP contribution in [0.1, 0.15) is 0 Å². The molecule has 0 unspecified atom stereocenters. The highest BCUT2D eigenvalue weighted by molar-refractivity contribution is 9.11. The number of nitrogens with zero attached hydrogens (tertiary/aromatic N) is 1. The highest BCUT2D eigenvalue weighted by Gasteiger charge is 2.10. The molecule has 0 aliphatic rings. The molecule has 0 aliphatic heterocycles. The molecule has 1 N–H and O–H groups in total. The van der Waals surface area contributed by atoms with Crippen LogP contribution in [0.5, 0.6) is 0 Å². The van der Waals surface area contributed by atoms with Crippen molar-refractivity contribution >= 4 is 66.7 Å². The highest BCUT2D eigenvalue weighted by Crippen LogP contribution is 2.29. The summed E-state index contributed by atoms with van der Waals surface area (Å²) in [5, 5.41) is 0.684. The number of fused-ring (bicyclic) bond motifs is 1. The molecule has 6 heteroatoms. The smallest absolute Gasteiger partial charge is 0.182 e. The highest BCUT2D eigenvalue weighted by atomic mass is 79.9. The second-order valence-corrected chi connectivity index (χ2v) is 6.62. The van der Waals surface area contributed by atoms with Crippen molar-refractivity contribution < 1.29 is 0 Å². The summed E-state index contributed by atoms with van der Waals surface area (Å²) in [6.07, 6.45) is 0. The Morgan fingerprint density at radius 2 is 1.89 bits per heavy atom. The van der Waals surface area contributed by atoms with Crippen molar-refractivity contribution in [3.05, 3.63) is 55.1 Å². The molecule has 0 fully saturated rings. The van der Waals surface area contributed by atoms with Crippen LogP contribution in [-0.4, -0.2) is 9.55 Å². The zero-order valence-electron chi connectivity index (χ0n) is 9.45. The van der Waals surface area contributed by atoms with Crippen LogP contribution in [0, 0.1) is 4.77 Å². The van der Waals surface area contributed by atoms with Crippen molar-refractivity contribution in [2.24, 2.45) is 0 Å². The van der Waals surface area contributed by atoms with Crippen LogP contribution in [0.15, 0.2) is 45.3 Å². The lowest BCUT2D eigenvalue weighted by Crippen LogP contribution is -1.95. The molecule has 96 valence electrons. The molecular weight excluding hydrogens is 411 g/mol. The Bertz CT molecular complexity index is 838. The third-order valence-electron chi connectivity index (χ3n) is 2.80.